The van der Waals surface area contributed by atoms with Gasteiger partial charge in [0.1, 0.15) is 0 Å². The zero-order valence-corrected chi connectivity index (χ0v) is 10.3. The molecule has 5 nitrogen and oxygen atoms in total. The number of hydrogen-bond donors (Lipinski definition) is 1. The third-order valence-electron chi connectivity index (χ3n) is 1.68. The van der Waals surface area contributed by atoms with Crippen molar-refractivity contribution >= 4 is 43.7 Å². The third kappa shape index (κ3) is 5.84. The number of nitrogens with zero attached hydrogens (tertiary/aromatic N) is 1. The first kappa shape index (κ1) is 16.9. The van der Waals surface area contributed by atoms with Gasteiger partial charge in [0.15, 0.2) is 6.04 Å². The van der Waals surface area contributed by atoms with Gasteiger partial charge in [0, 0.05) is 6.42 Å². The average Bonchev–Trinajstić information content (AvgIpc) is 2.15. The van der Waals surface area contributed by atoms with Crippen molar-refractivity contribution in [3.05, 3.63) is 40.8 Å². The summed E-state index contributed by atoms with van der Waals surface area (Å²) in [6.07, 6.45) is 0.152. The minimum absolute atomic E-state index is 0. The standard InChI is InChI=1S/C9H9NO3.Ca.H2O.2H/c11-9(12)8(10-13)6-7-4-2-1-3-5-7;;;;/h1-5,8H,6H2,(H,11,12);;1H2;;/q;+2;;2*-1/t8-;;;;/m0..../s1. The molecule has 0 radical (unpaired) electrons. The van der Waals surface area contributed by atoms with E-state index in [1.54, 1.807) is 24.3 Å². The van der Waals surface area contributed by atoms with Crippen LogP contribution in [-0.2, 0) is 11.2 Å². The molecule has 0 aromatic heterocycles. The van der Waals surface area contributed by atoms with Crippen molar-refractivity contribution in [3.63, 3.8) is 0 Å². The van der Waals surface area contributed by atoms with Gasteiger partial charge in [-0.3, -0.25) is 0 Å². The molecule has 0 unspecified atom stereocenters. The van der Waals surface area contributed by atoms with Gasteiger partial charge >= 0.3 is 43.7 Å². The molecule has 1 aromatic rings. The minimum atomic E-state index is -1.18. The molecule has 0 aliphatic carbocycles. The summed E-state index contributed by atoms with van der Waals surface area (Å²) in [4.78, 5) is 20.6. The Hall–Kier alpha value is -0.490. The van der Waals surface area contributed by atoms with Crippen LogP contribution in [0.2, 0.25) is 0 Å². The SMILES string of the molecule is O.O=N[C@@H](Cc1ccccc1)C(=O)O.[Ca+2].[H-].[H-]. The van der Waals surface area contributed by atoms with Crippen molar-refractivity contribution in [2.75, 3.05) is 0 Å². The van der Waals surface area contributed by atoms with Gasteiger partial charge < -0.3 is 13.4 Å². The van der Waals surface area contributed by atoms with E-state index in [0.717, 1.165) is 5.56 Å². The van der Waals surface area contributed by atoms with E-state index in [4.69, 9.17) is 5.11 Å². The Labute approximate surface area is 120 Å². The molecule has 0 bridgehead atoms. The second-order valence-corrected chi connectivity index (χ2v) is 2.65. The first-order chi connectivity index (χ1) is 6.24. The number of carboxylic acids is 1. The summed E-state index contributed by atoms with van der Waals surface area (Å²) in [6.45, 7) is 0. The minimum Gasteiger partial charge on any atom is -1.00 e. The predicted molar refractivity (Wildman–Crippen MR) is 59.0 cm³/mol. The Kier molecular flexibility index (Phi) is 9.92. The van der Waals surface area contributed by atoms with Crippen molar-refractivity contribution in [2.45, 2.75) is 12.5 Å². The van der Waals surface area contributed by atoms with Crippen LogP contribution in [0.25, 0.3) is 0 Å². The van der Waals surface area contributed by atoms with Gasteiger partial charge in [-0.1, -0.05) is 35.5 Å². The summed E-state index contributed by atoms with van der Waals surface area (Å²) in [7, 11) is 0. The van der Waals surface area contributed by atoms with Gasteiger partial charge in [0.25, 0.3) is 0 Å². The predicted octanol–water partition coefficient (Wildman–Crippen LogP) is 0.468. The fraction of sp³-hybridized carbons (Fsp3) is 0.222. The summed E-state index contributed by atoms with van der Waals surface area (Å²) in [5.74, 6) is -1.18. The Morgan fingerprint density at radius 3 is 2.33 bits per heavy atom. The zero-order chi connectivity index (χ0) is 9.68. The molecule has 0 aliphatic heterocycles. The van der Waals surface area contributed by atoms with E-state index in [9.17, 15) is 9.70 Å². The van der Waals surface area contributed by atoms with Crippen LogP contribution in [-0.4, -0.2) is 60.3 Å². The van der Waals surface area contributed by atoms with Crippen LogP contribution in [0, 0.1) is 4.91 Å². The van der Waals surface area contributed by atoms with E-state index in [0.29, 0.717) is 0 Å². The second kappa shape index (κ2) is 8.79. The number of carboxylic acid groups (broad SMARTS) is 1. The number of rotatable bonds is 4. The molecule has 6 heteroatoms. The van der Waals surface area contributed by atoms with E-state index < -0.39 is 12.0 Å². The Morgan fingerprint density at radius 2 is 1.93 bits per heavy atom. The van der Waals surface area contributed by atoms with E-state index in [1.165, 1.54) is 0 Å². The molecule has 0 amide bonds. The van der Waals surface area contributed by atoms with Crippen LogP contribution in [0.4, 0.5) is 0 Å². The molecule has 15 heavy (non-hydrogen) atoms. The molecular weight excluding hydrogens is 226 g/mol. The topological polar surface area (TPSA) is 98.2 Å². The first-order valence-corrected chi connectivity index (χ1v) is 3.83. The average molecular weight is 239 g/mol. The molecule has 80 valence electrons. The van der Waals surface area contributed by atoms with Crippen molar-refractivity contribution in [1.29, 1.82) is 0 Å². The number of carbonyl (C=O) groups is 1. The summed E-state index contributed by atoms with van der Waals surface area (Å²) in [6, 6.07) is 7.76. The van der Waals surface area contributed by atoms with Gasteiger partial charge in [0.05, 0.1) is 0 Å². The van der Waals surface area contributed by atoms with Gasteiger partial charge in [-0.25, -0.2) is 4.79 Å². The smallest absolute Gasteiger partial charge is 1.00 e. The maximum Gasteiger partial charge on any atom is 2.00 e. The molecule has 0 saturated heterocycles. The Bertz CT molecular complexity index is 313. The second-order valence-electron chi connectivity index (χ2n) is 2.65. The molecular formula is C9H13CaNO4. The zero-order valence-electron chi connectivity index (χ0n) is 10.1. The Balaban J connectivity index is -0.000000211. The van der Waals surface area contributed by atoms with E-state index in [-0.39, 0.29) is 52.5 Å². The van der Waals surface area contributed by atoms with Crippen LogP contribution >= 0.6 is 0 Å². The van der Waals surface area contributed by atoms with Crippen LogP contribution in [0.5, 0.6) is 0 Å². The van der Waals surface area contributed by atoms with Gasteiger partial charge in [-0.2, -0.15) is 0 Å². The molecule has 1 aromatic carbocycles. The number of hydrogen-bond acceptors (Lipinski definition) is 3. The molecule has 3 N–H and O–H groups in total. The maximum absolute atomic E-state index is 10.4. The quantitative estimate of drug-likeness (QED) is 0.610. The van der Waals surface area contributed by atoms with Crippen LogP contribution < -0.4 is 0 Å². The van der Waals surface area contributed by atoms with Crippen molar-refractivity contribution in [1.82, 2.24) is 0 Å². The van der Waals surface area contributed by atoms with Crippen molar-refractivity contribution < 1.29 is 18.2 Å². The normalized spacial score (nSPS) is 10.4. The van der Waals surface area contributed by atoms with E-state index >= 15 is 0 Å². The van der Waals surface area contributed by atoms with Crippen molar-refractivity contribution in [3.8, 4) is 0 Å². The molecule has 0 aliphatic rings. The number of benzene rings is 1. The fourth-order valence-corrected chi connectivity index (χ4v) is 1.01. The van der Waals surface area contributed by atoms with Crippen LogP contribution in [0.3, 0.4) is 0 Å². The largest absolute Gasteiger partial charge is 2.00 e. The van der Waals surface area contributed by atoms with Crippen LogP contribution in [0.15, 0.2) is 35.5 Å². The molecule has 0 fully saturated rings. The van der Waals surface area contributed by atoms with Crippen LogP contribution in [0.1, 0.15) is 8.42 Å². The summed E-state index contributed by atoms with van der Waals surface area (Å²) >= 11 is 0. The van der Waals surface area contributed by atoms with E-state index in [2.05, 4.69) is 5.18 Å². The number of nitroso groups, excluding NO2 is 1. The first-order valence-electron chi connectivity index (χ1n) is 3.83. The Morgan fingerprint density at radius 1 is 1.40 bits per heavy atom. The van der Waals surface area contributed by atoms with Gasteiger partial charge in [0.2, 0.25) is 0 Å². The molecule has 0 spiro atoms. The van der Waals surface area contributed by atoms with Gasteiger partial charge in [-0.15, -0.1) is 4.91 Å². The summed E-state index contributed by atoms with van der Waals surface area (Å²) < 4.78 is 0. The summed E-state index contributed by atoms with van der Waals surface area (Å²) in [5.41, 5.74) is 0.800. The number of aliphatic carboxylic acids is 1. The molecule has 1 rings (SSSR count). The van der Waals surface area contributed by atoms with Gasteiger partial charge in [-0.05, 0) is 5.56 Å². The molecule has 1 atom stereocenters. The molecule has 0 saturated carbocycles. The van der Waals surface area contributed by atoms with Crippen molar-refractivity contribution in [2.24, 2.45) is 5.18 Å². The van der Waals surface area contributed by atoms with E-state index in [1.807, 2.05) is 6.07 Å². The summed E-state index contributed by atoms with van der Waals surface area (Å²) in [5, 5.41) is 11.1. The monoisotopic (exact) mass is 239 g/mol. The maximum atomic E-state index is 10.4. The molecule has 0 heterocycles. The fourth-order valence-electron chi connectivity index (χ4n) is 1.01. The third-order valence-corrected chi connectivity index (χ3v) is 1.68.